The Kier molecular flexibility index (Phi) is 5.93. The number of hydrogen-bond donors (Lipinski definition) is 1. The van der Waals surface area contributed by atoms with Crippen molar-refractivity contribution in [2.24, 2.45) is 5.92 Å². The standard InChI is InChI=1S/C13H25N/c1-3-4-8-12(2)14-11-13-9-6-5-7-10-13/h5-6,12-14H,3-4,7-11H2,1-2H3. The molecule has 1 N–H and O–H groups in total. The number of hydrogen-bond acceptors (Lipinski definition) is 1. The quantitative estimate of drug-likeness (QED) is 0.640. The van der Waals surface area contributed by atoms with E-state index in [-0.39, 0.29) is 0 Å². The molecule has 82 valence electrons. The molecule has 0 amide bonds. The Morgan fingerprint density at radius 2 is 2.29 bits per heavy atom. The van der Waals surface area contributed by atoms with Crippen LogP contribution in [0.4, 0.5) is 0 Å². The van der Waals surface area contributed by atoms with Crippen molar-refractivity contribution in [3.8, 4) is 0 Å². The molecule has 0 aliphatic heterocycles. The highest BCUT2D eigenvalue weighted by Gasteiger charge is 2.10. The maximum absolute atomic E-state index is 3.65. The van der Waals surface area contributed by atoms with Crippen molar-refractivity contribution in [2.75, 3.05) is 6.54 Å². The molecule has 1 rings (SSSR count). The Morgan fingerprint density at radius 3 is 2.93 bits per heavy atom. The second-order valence-electron chi connectivity index (χ2n) is 4.60. The molecule has 0 saturated carbocycles. The largest absolute Gasteiger partial charge is 0.314 e. The smallest absolute Gasteiger partial charge is 0.00388 e. The minimum absolute atomic E-state index is 0.709. The molecule has 0 fully saturated rings. The lowest BCUT2D eigenvalue weighted by Crippen LogP contribution is -2.31. The summed E-state index contributed by atoms with van der Waals surface area (Å²) in [6, 6.07) is 0.709. The fourth-order valence-corrected chi connectivity index (χ4v) is 2.02. The van der Waals surface area contributed by atoms with E-state index in [1.165, 1.54) is 45.1 Å². The molecule has 0 spiro atoms. The van der Waals surface area contributed by atoms with Gasteiger partial charge in [0.05, 0.1) is 0 Å². The molecule has 1 aliphatic rings. The van der Waals surface area contributed by atoms with Gasteiger partial charge in [0, 0.05) is 6.04 Å². The maximum atomic E-state index is 3.65. The minimum atomic E-state index is 0.709. The average molecular weight is 195 g/mol. The molecule has 2 unspecified atom stereocenters. The molecule has 1 heteroatoms. The summed E-state index contributed by atoms with van der Waals surface area (Å²) in [5.41, 5.74) is 0. The molecule has 0 radical (unpaired) electrons. The van der Waals surface area contributed by atoms with Gasteiger partial charge in [0.15, 0.2) is 0 Å². The van der Waals surface area contributed by atoms with Crippen LogP contribution in [0.1, 0.15) is 52.4 Å². The van der Waals surface area contributed by atoms with Gasteiger partial charge in [-0.25, -0.2) is 0 Å². The Morgan fingerprint density at radius 1 is 1.43 bits per heavy atom. The first-order valence-electron chi connectivity index (χ1n) is 6.21. The topological polar surface area (TPSA) is 12.0 Å². The van der Waals surface area contributed by atoms with E-state index in [0.717, 1.165) is 5.92 Å². The Labute approximate surface area is 89.0 Å². The van der Waals surface area contributed by atoms with Gasteiger partial charge in [0.2, 0.25) is 0 Å². The van der Waals surface area contributed by atoms with Gasteiger partial charge in [0.25, 0.3) is 0 Å². The highest BCUT2D eigenvalue weighted by molar-refractivity contribution is 4.90. The molecule has 1 nitrogen and oxygen atoms in total. The fraction of sp³-hybridized carbons (Fsp3) is 0.846. The van der Waals surface area contributed by atoms with Crippen LogP contribution in [0, 0.1) is 5.92 Å². The van der Waals surface area contributed by atoms with Crippen LogP contribution in [-0.2, 0) is 0 Å². The third-order valence-corrected chi connectivity index (χ3v) is 3.12. The van der Waals surface area contributed by atoms with Gasteiger partial charge in [-0.15, -0.1) is 0 Å². The highest BCUT2D eigenvalue weighted by Crippen LogP contribution is 2.17. The van der Waals surface area contributed by atoms with E-state index in [0.29, 0.717) is 6.04 Å². The first-order chi connectivity index (χ1) is 6.83. The number of rotatable bonds is 6. The molecular weight excluding hydrogens is 170 g/mol. The predicted molar refractivity (Wildman–Crippen MR) is 63.5 cm³/mol. The molecule has 0 aromatic carbocycles. The van der Waals surface area contributed by atoms with Crippen LogP contribution in [0.3, 0.4) is 0 Å². The Bertz CT molecular complexity index is 163. The molecule has 0 aromatic heterocycles. The molecular formula is C13H25N. The van der Waals surface area contributed by atoms with E-state index in [9.17, 15) is 0 Å². The average Bonchev–Trinajstić information content (AvgIpc) is 2.25. The molecule has 0 saturated heterocycles. The summed E-state index contributed by atoms with van der Waals surface area (Å²) in [5.74, 6) is 0.893. The van der Waals surface area contributed by atoms with Crippen LogP contribution < -0.4 is 5.32 Å². The lowest BCUT2D eigenvalue weighted by atomic mass is 9.94. The third-order valence-electron chi connectivity index (χ3n) is 3.12. The van der Waals surface area contributed by atoms with E-state index in [2.05, 4.69) is 31.3 Å². The van der Waals surface area contributed by atoms with Gasteiger partial charge in [-0.05, 0) is 45.1 Å². The predicted octanol–water partition coefficient (Wildman–Crippen LogP) is 3.51. The molecule has 0 bridgehead atoms. The first kappa shape index (κ1) is 11.8. The molecule has 0 aromatic rings. The molecule has 2 atom stereocenters. The van der Waals surface area contributed by atoms with Gasteiger partial charge in [-0.3, -0.25) is 0 Å². The summed E-state index contributed by atoms with van der Waals surface area (Å²) in [6.45, 7) is 5.79. The summed E-state index contributed by atoms with van der Waals surface area (Å²) in [6.07, 6.45) is 12.6. The van der Waals surface area contributed by atoms with Gasteiger partial charge < -0.3 is 5.32 Å². The molecule has 1 aliphatic carbocycles. The van der Waals surface area contributed by atoms with E-state index >= 15 is 0 Å². The summed E-state index contributed by atoms with van der Waals surface area (Å²) >= 11 is 0. The van der Waals surface area contributed by atoms with Crippen LogP contribution in [0.25, 0.3) is 0 Å². The second kappa shape index (κ2) is 7.05. The van der Waals surface area contributed by atoms with Crippen molar-refractivity contribution in [1.29, 1.82) is 0 Å². The van der Waals surface area contributed by atoms with Crippen molar-refractivity contribution < 1.29 is 0 Å². The van der Waals surface area contributed by atoms with Crippen LogP contribution in [0.15, 0.2) is 12.2 Å². The van der Waals surface area contributed by atoms with Crippen LogP contribution in [0.2, 0.25) is 0 Å². The van der Waals surface area contributed by atoms with Gasteiger partial charge in [-0.2, -0.15) is 0 Å². The number of unbranched alkanes of at least 4 members (excludes halogenated alkanes) is 1. The second-order valence-corrected chi connectivity index (χ2v) is 4.60. The summed E-state index contributed by atoms with van der Waals surface area (Å²) < 4.78 is 0. The number of allylic oxidation sites excluding steroid dienone is 2. The van der Waals surface area contributed by atoms with Crippen LogP contribution >= 0.6 is 0 Å². The zero-order valence-corrected chi connectivity index (χ0v) is 9.76. The van der Waals surface area contributed by atoms with E-state index in [4.69, 9.17) is 0 Å². The van der Waals surface area contributed by atoms with Crippen molar-refractivity contribution >= 4 is 0 Å². The van der Waals surface area contributed by atoms with Crippen molar-refractivity contribution in [1.82, 2.24) is 5.32 Å². The van der Waals surface area contributed by atoms with Crippen molar-refractivity contribution in [3.63, 3.8) is 0 Å². The van der Waals surface area contributed by atoms with Gasteiger partial charge in [0.1, 0.15) is 0 Å². The lowest BCUT2D eigenvalue weighted by molar-refractivity contribution is 0.397. The van der Waals surface area contributed by atoms with Gasteiger partial charge >= 0.3 is 0 Å². The third kappa shape index (κ3) is 4.80. The van der Waals surface area contributed by atoms with Crippen LogP contribution in [0.5, 0.6) is 0 Å². The maximum Gasteiger partial charge on any atom is 0.00388 e. The SMILES string of the molecule is CCCCC(C)NCC1CC=CCC1. The van der Waals surface area contributed by atoms with E-state index in [1.54, 1.807) is 0 Å². The fourth-order valence-electron chi connectivity index (χ4n) is 2.02. The van der Waals surface area contributed by atoms with Crippen molar-refractivity contribution in [2.45, 2.75) is 58.4 Å². The minimum Gasteiger partial charge on any atom is -0.314 e. The highest BCUT2D eigenvalue weighted by atomic mass is 14.9. The zero-order chi connectivity index (χ0) is 10.2. The normalized spacial score (nSPS) is 23.7. The summed E-state index contributed by atoms with van der Waals surface area (Å²) in [5, 5.41) is 3.65. The Balaban J connectivity index is 2.04. The van der Waals surface area contributed by atoms with Crippen LogP contribution in [-0.4, -0.2) is 12.6 Å². The number of nitrogens with one attached hydrogen (secondary N) is 1. The van der Waals surface area contributed by atoms with E-state index in [1.807, 2.05) is 0 Å². The van der Waals surface area contributed by atoms with Crippen molar-refractivity contribution in [3.05, 3.63) is 12.2 Å². The monoisotopic (exact) mass is 195 g/mol. The van der Waals surface area contributed by atoms with Gasteiger partial charge in [-0.1, -0.05) is 31.9 Å². The molecule has 14 heavy (non-hydrogen) atoms. The summed E-state index contributed by atoms with van der Waals surface area (Å²) in [4.78, 5) is 0. The zero-order valence-electron chi connectivity index (χ0n) is 9.76. The molecule has 0 heterocycles. The Hall–Kier alpha value is -0.300. The van der Waals surface area contributed by atoms with E-state index < -0.39 is 0 Å². The first-order valence-corrected chi connectivity index (χ1v) is 6.21. The lowest BCUT2D eigenvalue weighted by Gasteiger charge is -2.21. The summed E-state index contributed by atoms with van der Waals surface area (Å²) in [7, 11) is 0.